The molecule has 3 N–H and O–H groups in total. The molecule has 130 valence electrons. The topological polar surface area (TPSA) is 78.0 Å². The Morgan fingerprint density at radius 1 is 1.12 bits per heavy atom. The number of hydrogen-bond donors (Lipinski definition) is 3. The third-order valence-electron chi connectivity index (χ3n) is 3.83. The number of carbonyl (C=O) groups is 1. The summed E-state index contributed by atoms with van der Waals surface area (Å²) in [4.78, 5) is 18.9. The van der Waals surface area contributed by atoms with Gasteiger partial charge in [0.05, 0.1) is 11.0 Å². The molecule has 0 spiro atoms. The largest absolute Gasteiger partial charge is 0.342 e. The molecular weight excluding hydrogens is 338 g/mol. The van der Waals surface area contributed by atoms with Crippen LogP contribution in [-0.2, 0) is 17.6 Å². The highest BCUT2D eigenvalue weighted by Gasteiger charge is 2.02. The molecule has 0 saturated carbocycles. The van der Waals surface area contributed by atoms with Crippen LogP contribution < -0.4 is 5.48 Å². The molecule has 0 aliphatic heterocycles. The SMILES string of the molecule is Cl.O=C(/C=C/c1ccc(CCCc2nc3ccccc3[nH]2)cc1)NO. The molecule has 0 saturated heterocycles. The Labute approximate surface area is 152 Å². The molecule has 1 heterocycles. The summed E-state index contributed by atoms with van der Waals surface area (Å²) in [6, 6.07) is 16.1. The number of hydroxylamine groups is 1. The maximum Gasteiger partial charge on any atom is 0.267 e. The van der Waals surface area contributed by atoms with Crippen molar-refractivity contribution in [2.45, 2.75) is 19.3 Å². The summed E-state index contributed by atoms with van der Waals surface area (Å²) in [5.74, 6) is 0.482. The first kappa shape index (κ1) is 18.7. The van der Waals surface area contributed by atoms with Crippen LogP contribution in [0.15, 0.2) is 54.6 Å². The van der Waals surface area contributed by atoms with Gasteiger partial charge in [0.25, 0.3) is 5.91 Å². The van der Waals surface area contributed by atoms with Crippen LogP contribution in [0.3, 0.4) is 0 Å². The van der Waals surface area contributed by atoms with Gasteiger partial charge in [0.2, 0.25) is 0 Å². The predicted molar refractivity (Wildman–Crippen MR) is 101 cm³/mol. The smallest absolute Gasteiger partial charge is 0.267 e. The Morgan fingerprint density at radius 2 is 1.88 bits per heavy atom. The second-order valence-corrected chi connectivity index (χ2v) is 5.61. The highest BCUT2D eigenvalue weighted by atomic mass is 35.5. The van der Waals surface area contributed by atoms with Crippen molar-refractivity contribution in [1.29, 1.82) is 0 Å². The molecule has 2 aromatic carbocycles. The molecule has 0 unspecified atom stereocenters. The molecule has 0 fully saturated rings. The van der Waals surface area contributed by atoms with Crippen molar-refractivity contribution >= 4 is 35.4 Å². The summed E-state index contributed by atoms with van der Waals surface area (Å²) >= 11 is 0. The molecule has 0 bridgehead atoms. The zero-order valence-electron chi connectivity index (χ0n) is 13.6. The number of nitrogens with zero attached hydrogens (tertiary/aromatic N) is 1. The van der Waals surface area contributed by atoms with E-state index in [9.17, 15) is 4.79 Å². The lowest BCUT2D eigenvalue weighted by Crippen LogP contribution is -2.14. The Morgan fingerprint density at radius 3 is 2.60 bits per heavy atom. The zero-order valence-corrected chi connectivity index (χ0v) is 14.4. The summed E-state index contributed by atoms with van der Waals surface area (Å²) in [6.07, 6.45) is 5.84. The fraction of sp³-hybridized carbons (Fsp3) is 0.158. The fourth-order valence-electron chi connectivity index (χ4n) is 2.59. The summed E-state index contributed by atoms with van der Waals surface area (Å²) in [5, 5.41) is 8.44. The van der Waals surface area contributed by atoms with Gasteiger partial charge in [0.1, 0.15) is 5.82 Å². The number of fused-ring (bicyclic) bond motifs is 1. The van der Waals surface area contributed by atoms with Crippen molar-refractivity contribution in [1.82, 2.24) is 15.4 Å². The van der Waals surface area contributed by atoms with Crippen molar-refractivity contribution in [2.75, 3.05) is 0 Å². The molecular formula is C19H20ClN3O2. The van der Waals surface area contributed by atoms with E-state index >= 15 is 0 Å². The molecule has 5 nitrogen and oxygen atoms in total. The van der Waals surface area contributed by atoms with E-state index in [-0.39, 0.29) is 12.4 Å². The van der Waals surface area contributed by atoms with Gasteiger partial charge >= 0.3 is 0 Å². The van der Waals surface area contributed by atoms with Crippen LogP contribution in [0.4, 0.5) is 0 Å². The maximum absolute atomic E-state index is 10.9. The quantitative estimate of drug-likeness (QED) is 0.358. The van der Waals surface area contributed by atoms with Gasteiger partial charge in [-0.1, -0.05) is 36.4 Å². The van der Waals surface area contributed by atoms with Gasteiger partial charge in [-0.15, -0.1) is 12.4 Å². The standard InChI is InChI=1S/C19H19N3O2.ClH/c23-19(22-24)13-12-15-10-8-14(9-11-15)4-3-7-18-20-16-5-1-2-6-17(16)21-18;/h1-2,5-6,8-13,24H,3-4,7H2,(H,20,21)(H,22,23);1H/b13-12+;. The van der Waals surface area contributed by atoms with E-state index < -0.39 is 5.91 Å². The molecule has 3 aromatic rings. The van der Waals surface area contributed by atoms with E-state index in [1.165, 1.54) is 11.6 Å². The molecule has 0 atom stereocenters. The summed E-state index contributed by atoms with van der Waals surface area (Å²) in [5.41, 5.74) is 5.82. The minimum atomic E-state index is -0.537. The first-order valence-electron chi connectivity index (χ1n) is 7.89. The third-order valence-corrected chi connectivity index (χ3v) is 3.83. The minimum absolute atomic E-state index is 0. The lowest BCUT2D eigenvalue weighted by atomic mass is 10.1. The fourth-order valence-corrected chi connectivity index (χ4v) is 2.59. The van der Waals surface area contributed by atoms with Crippen LogP contribution in [0.2, 0.25) is 0 Å². The van der Waals surface area contributed by atoms with E-state index in [1.807, 2.05) is 36.4 Å². The van der Waals surface area contributed by atoms with E-state index in [0.29, 0.717) is 0 Å². The van der Waals surface area contributed by atoms with E-state index in [1.54, 1.807) is 11.6 Å². The number of imidazole rings is 1. The van der Waals surface area contributed by atoms with Gasteiger partial charge in [0.15, 0.2) is 0 Å². The summed E-state index contributed by atoms with van der Waals surface area (Å²) < 4.78 is 0. The van der Waals surface area contributed by atoms with Crippen molar-refractivity contribution in [2.24, 2.45) is 0 Å². The molecule has 0 aliphatic rings. The first-order valence-corrected chi connectivity index (χ1v) is 7.89. The van der Waals surface area contributed by atoms with Crippen molar-refractivity contribution in [3.8, 4) is 0 Å². The minimum Gasteiger partial charge on any atom is -0.342 e. The number of benzene rings is 2. The molecule has 3 rings (SSSR count). The van der Waals surface area contributed by atoms with Crippen LogP contribution >= 0.6 is 12.4 Å². The highest BCUT2D eigenvalue weighted by Crippen LogP contribution is 2.13. The van der Waals surface area contributed by atoms with E-state index in [2.05, 4.69) is 22.1 Å². The molecule has 0 radical (unpaired) electrons. The molecule has 1 amide bonds. The normalized spacial score (nSPS) is 10.8. The average Bonchev–Trinajstić information content (AvgIpc) is 3.03. The van der Waals surface area contributed by atoms with Crippen LogP contribution in [0.5, 0.6) is 0 Å². The number of hydrogen-bond acceptors (Lipinski definition) is 3. The monoisotopic (exact) mass is 357 g/mol. The Hall–Kier alpha value is -2.63. The number of H-pyrrole nitrogens is 1. The number of halogens is 1. The second-order valence-electron chi connectivity index (χ2n) is 5.61. The van der Waals surface area contributed by atoms with Gasteiger partial charge in [0, 0.05) is 12.5 Å². The lowest BCUT2D eigenvalue weighted by molar-refractivity contribution is -0.124. The van der Waals surface area contributed by atoms with Crippen LogP contribution in [0.25, 0.3) is 17.1 Å². The lowest BCUT2D eigenvalue weighted by Gasteiger charge is -2.01. The van der Waals surface area contributed by atoms with Gasteiger partial charge in [-0.3, -0.25) is 10.0 Å². The van der Waals surface area contributed by atoms with E-state index in [4.69, 9.17) is 5.21 Å². The van der Waals surface area contributed by atoms with Gasteiger partial charge in [-0.25, -0.2) is 10.5 Å². The first-order chi connectivity index (χ1) is 11.7. The highest BCUT2D eigenvalue weighted by molar-refractivity contribution is 5.90. The van der Waals surface area contributed by atoms with Crippen molar-refractivity contribution in [3.05, 3.63) is 71.6 Å². The number of rotatable bonds is 6. The second kappa shape index (κ2) is 9.01. The average molecular weight is 358 g/mol. The molecule has 1 aromatic heterocycles. The maximum atomic E-state index is 10.9. The van der Waals surface area contributed by atoms with Crippen LogP contribution in [0, 0.1) is 0 Å². The number of nitrogens with one attached hydrogen (secondary N) is 2. The number of aromatic nitrogens is 2. The van der Waals surface area contributed by atoms with Crippen LogP contribution in [0.1, 0.15) is 23.4 Å². The number of carbonyl (C=O) groups excluding carboxylic acids is 1. The van der Waals surface area contributed by atoms with Crippen molar-refractivity contribution < 1.29 is 10.0 Å². The number of aryl methyl sites for hydroxylation is 2. The number of amides is 1. The third kappa shape index (κ3) is 5.17. The number of para-hydroxylation sites is 2. The predicted octanol–water partition coefficient (Wildman–Crippen LogP) is 3.68. The van der Waals surface area contributed by atoms with Crippen LogP contribution in [-0.4, -0.2) is 21.1 Å². The summed E-state index contributed by atoms with van der Waals surface area (Å²) in [7, 11) is 0. The molecule has 6 heteroatoms. The van der Waals surface area contributed by atoms with Crippen molar-refractivity contribution in [3.63, 3.8) is 0 Å². The zero-order chi connectivity index (χ0) is 16.8. The van der Waals surface area contributed by atoms with Gasteiger partial charge in [-0.2, -0.15) is 0 Å². The Balaban J connectivity index is 0.00000225. The molecule has 0 aliphatic carbocycles. The number of aromatic amines is 1. The van der Waals surface area contributed by atoms with Gasteiger partial charge < -0.3 is 4.98 Å². The van der Waals surface area contributed by atoms with E-state index in [0.717, 1.165) is 41.7 Å². The Bertz CT molecular complexity index is 823. The molecule has 25 heavy (non-hydrogen) atoms. The summed E-state index contributed by atoms with van der Waals surface area (Å²) in [6.45, 7) is 0. The van der Waals surface area contributed by atoms with Gasteiger partial charge in [-0.05, 0) is 42.2 Å². The Kier molecular flexibility index (Phi) is 6.74.